The number of rotatable bonds is 5. The van der Waals surface area contributed by atoms with Crippen LogP contribution in [0.25, 0.3) is 22.7 Å². The summed E-state index contributed by atoms with van der Waals surface area (Å²) in [5.74, 6) is -0.0937. The standard InChI is InChI=1S/C22H18F3NO3S/c1-13-12-16(4-10-19(13)29-28-15(3)27)5-11-20-14(2)26-21(30-20)17-6-8-18(9-7-17)22(23,24)25/h4-12H,1-3H3. The summed E-state index contributed by atoms with van der Waals surface area (Å²) in [4.78, 5) is 25.7. The zero-order valence-electron chi connectivity index (χ0n) is 16.4. The Morgan fingerprint density at radius 1 is 1.07 bits per heavy atom. The Balaban J connectivity index is 1.76. The third-order valence-corrected chi connectivity index (χ3v) is 5.34. The number of benzene rings is 2. The van der Waals surface area contributed by atoms with Crippen molar-refractivity contribution in [2.75, 3.05) is 0 Å². The molecule has 156 valence electrons. The van der Waals surface area contributed by atoms with Crippen LogP contribution in [0.15, 0.2) is 42.5 Å². The maximum Gasteiger partial charge on any atom is 0.416 e. The van der Waals surface area contributed by atoms with Gasteiger partial charge in [0.15, 0.2) is 5.75 Å². The molecule has 1 heterocycles. The van der Waals surface area contributed by atoms with Gasteiger partial charge in [-0.1, -0.05) is 24.3 Å². The molecule has 4 nitrogen and oxygen atoms in total. The fourth-order valence-corrected chi connectivity index (χ4v) is 3.61. The van der Waals surface area contributed by atoms with Crippen LogP contribution in [-0.2, 0) is 15.9 Å². The Labute approximate surface area is 175 Å². The molecule has 8 heteroatoms. The minimum atomic E-state index is -4.36. The minimum Gasteiger partial charge on any atom is -0.287 e. The fourth-order valence-electron chi connectivity index (χ4n) is 2.63. The van der Waals surface area contributed by atoms with Crippen molar-refractivity contribution in [1.29, 1.82) is 0 Å². The van der Waals surface area contributed by atoms with Crippen molar-refractivity contribution < 1.29 is 27.7 Å². The van der Waals surface area contributed by atoms with Crippen LogP contribution in [0.5, 0.6) is 5.75 Å². The molecule has 0 unspecified atom stereocenters. The normalized spacial score (nSPS) is 11.7. The number of carbonyl (C=O) groups excluding carboxylic acids is 1. The molecular weight excluding hydrogens is 415 g/mol. The molecule has 0 aliphatic heterocycles. The van der Waals surface area contributed by atoms with Gasteiger partial charge in [-0.15, -0.1) is 11.3 Å². The summed E-state index contributed by atoms with van der Waals surface area (Å²) >= 11 is 1.40. The quantitative estimate of drug-likeness (QED) is 0.342. The number of halogens is 3. The van der Waals surface area contributed by atoms with E-state index in [1.54, 1.807) is 6.07 Å². The van der Waals surface area contributed by atoms with E-state index in [1.165, 1.54) is 30.4 Å². The lowest BCUT2D eigenvalue weighted by atomic mass is 10.1. The monoisotopic (exact) mass is 433 g/mol. The Morgan fingerprint density at radius 3 is 2.37 bits per heavy atom. The lowest BCUT2D eigenvalue weighted by Gasteiger charge is -2.06. The van der Waals surface area contributed by atoms with Crippen molar-refractivity contribution in [3.63, 3.8) is 0 Å². The molecule has 3 aromatic rings. The van der Waals surface area contributed by atoms with E-state index >= 15 is 0 Å². The van der Waals surface area contributed by atoms with E-state index in [1.807, 2.05) is 38.1 Å². The first-order valence-electron chi connectivity index (χ1n) is 8.92. The third-order valence-electron chi connectivity index (χ3n) is 4.17. The van der Waals surface area contributed by atoms with E-state index in [-0.39, 0.29) is 0 Å². The van der Waals surface area contributed by atoms with Crippen molar-refractivity contribution in [3.05, 3.63) is 69.7 Å². The number of aryl methyl sites for hydroxylation is 2. The van der Waals surface area contributed by atoms with E-state index in [2.05, 4.69) is 9.87 Å². The van der Waals surface area contributed by atoms with Crippen LogP contribution in [0, 0.1) is 13.8 Å². The van der Waals surface area contributed by atoms with Crippen LogP contribution >= 0.6 is 11.3 Å². The summed E-state index contributed by atoms with van der Waals surface area (Å²) in [7, 11) is 0. The molecule has 0 bridgehead atoms. The predicted molar refractivity (Wildman–Crippen MR) is 110 cm³/mol. The van der Waals surface area contributed by atoms with Crippen molar-refractivity contribution >= 4 is 29.5 Å². The zero-order valence-corrected chi connectivity index (χ0v) is 17.2. The highest BCUT2D eigenvalue weighted by Crippen LogP contribution is 2.33. The second-order valence-electron chi connectivity index (χ2n) is 6.56. The molecule has 0 atom stereocenters. The number of alkyl halides is 3. The zero-order chi connectivity index (χ0) is 21.9. The highest BCUT2D eigenvalue weighted by Gasteiger charge is 2.30. The van der Waals surface area contributed by atoms with E-state index in [9.17, 15) is 18.0 Å². The molecule has 0 amide bonds. The summed E-state index contributed by atoms with van der Waals surface area (Å²) in [6, 6.07) is 10.4. The summed E-state index contributed by atoms with van der Waals surface area (Å²) in [5, 5.41) is 0.655. The number of carbonyl (C=O) groups is 1. The molecule has 0 saturated heterocycles. The fraction of sp³-hybridized carbons (Fsp3) is 0.182. The second kappa shape index (κ2) is 8.71. The van der Waals surface area contributed by atoms with Crippen molar-refractivity contribution in [2.45, 2.75) is 26.9 Å². The summed E-state index contributed by atoms with van der Waals surface area (Å²) < 4.78 is 38.2. The predicted octanol–water partition coefficient (Wildman–Crippen LogP) is 6.47. The van der Waals surface area contributed by atoms with E-state index in [0.29, 0.717) is 16.3 Å². The molecule has 2 aromatic carbocycles. The van der Waals surface area contributed by atoms with Crippen LogP contribution in [0.4, 0.5) is 13.2 Å². The summed E-state index contributed by atoms with van der Waals surface area (Å²) in [5.41, 5.74) is 2.45. The highest BCUT2D eigenvalue weighted by atomic mass is 32.1. The lowest BCUT2D eigenvalue weighted by Crippen LogP contribution is -2.03. The first-order valence-corrected chi connectivity index (χ1v) is 9.74. The van der Waals surface area contributed by atoms with Crippen molar-refractivity contribution in [3.8, 4) is 16.3 Å². The first-order chi connectivity index (χ1) is 14.1. The van der Waals surface area contributed by atoms with Gasteiger partial charge in [0.1, 0.15) is 5.01 Å². The number of nitrogens with zero attached hydrogens (tertiary/aromatic N) is 1. The topological polar surface area (TPSA) is 48.4 Å². The van der Waals surface area contributed by atoms with Crippen LogP contribution in [0.3, 0.4) is 0 Å². The molecule has 0 aliphatic rings. The maximum atomic E-state index is 12.7. The molecule has 0 fully saturated rings. The number of hydrogen-bond acceptors (Lipinski definition) is 5. The van der Waals surface area contributed by atoms with Crippen LogP contribution in [-0.4, -0.2) is 11.0 Å². The molecule has 30 heavy (non-hydrogen) atoms. The third kappa shape index (κ3) is 5.27. The number of aromatic nitrogens is 1. The lowest BCUT2D eigenvalue weighted by molar-refractivity contribution is -0.211. The van der Waals surface area contributed by atoms with Crippen molar-refractivity contribution in [1.82, 2.24) is 4.98 Å². The molecular formula is C22H18F3NO3S. The summed E-state index contributed by atoms with van der Waals surface area (Å²) in [6.07, 6.45) is -0.552. The first kappa shape index (κ1) is 21.6. The Hall–Kier alpha value is -3.13. The van der Waals surface area contributed by atoms with E-state index < -0.39 is 17.7 Å². The number of hydrogen-bond donors (Lipinski definition) is 0. The molecule has 1 aromatic heterocycles. The highest BCUT2D eigenvalue weighted by molar-refractivity contribution is 7.16. The molecule has 3 rings (SSSR count). The molecule has 0 aliphatic carbocycles. The molecule has 0 spiro atoms. The van der Waals surface area contributed by atoms with Gasteiger partial charge in [0.05, 0.1) is 16.1 Å². The van der Waals surface area contributed by atoms with Gasteiger partial charge in [-0.3, -0.25) is 9.78 Å². The van der Waals surface area contributed by atoms with Gasteiger partial charge in [0.2, 0.25) is 0 Å². The van der Waals surface area contributed by atoms with E-state index in [0.717, 1.165) is 33.8 Å². The van der Waals surface area contributed by atoms with Crippen molar-refractivity contribution in [2.24, 2.45) is 0 Å². The van der Waals surface area contributed by atoms with Gasteiger partial charge in [-0.05, 0) is 55.3 Å². The average Bonchev–Trinajstić information content (AvgIpc) is 3.05. The average molecular weight is 433 g/mol. The Bertz CT molecular complexity index is 1090. The van der Waals surface area contributed by atoms with E-state index in [4.69, 9.17) is 4.89 Å². The van der Waals surface area contributed by atoms with Crippen LogP contribution < -0.4 is 4.89 Å². The van der Waals surface area contributed by atoms with Gasteiger partial charge < -0.3 is 0 Å². The second-order valence-corrected chi connectivity index (χ2v) is 7.59. The Kier molecular flexibility index (Phi) is 6.26. The summed E-state index contributed by atoms with van der Waals surface area (Å²) in [6.45, 7) is 4.94. The molecule has 0 N–H and O–H groups in total. The smallest absolute Gasteiger partial charge is 0.287 e. The number of thiazole rings is 1. The SMILES string of the molecule is CC(=O)OOc1ccc(C=Cc2sc(-c3ccc(C(F)(F)F)cc3)nc2C)cc1C. The minimum absolute atomic E-state index is 0.445. The van der Waals surface area contributed by atoms with Gasteiger partial charge in [0, 0.05) is 12.5 Å². The van der Waals surface area contributed by atoms with Gasteiger partial charge in [0.25, 0.3) is 0 Å². The molecule has 0 radical (unpaired) electrons. The Morgan fingerprint density at radius 2 is 1.77 bits per heavy atom. The molecule has 0 saturated carbocycles. The van der Waals surface area contributed by atoms with Gasteiger partial charge >= 0.3 is 12.1 Å². The van der Waals surface area contributed by atoms with Crippen LogP contribution in [0.1, 0.15) is 34.2 Å². The largest absolute Gasteiger partial charge is 0.416 e. The van der Waals surface area contributed by atoms with Crippen LogP contribution in [0.2, 0.25) is 0 Å². The van der Waals surface area contributed by atoms with Gasteiger partial charge in [-0.25, -0.2) is 9.78 Å². The van der Waals surface area contributed by atoms with Gasteiger partial charge in [-0.2, -0.15) is 13.2 Å². The maximum absolute atomic E-state index is 12.7.